The molecule has 5 rings (SSSR count). The molecule has 0 bridgehead atoms. The monoisotopic (exact) mass is 652 g/mol. The molecule has 3 aromatic rings. The van der Waals surface area contributed by atoms with Gasteiger partial charge in [0.15, 0.2) is 0 Å². The van der Waals surface area contributed by atoms with E-state index in [0.717, 1.165) is 17.2 Å². The van der Waals surface area contributed by atoms with Crippen molar-refractivity contribution in [3.05, 3.63) is 71.3 Å². The summed E-state index contributed by atoms with van der Waals surface area (Å²) >= 11 is 0. The van der Waals surface area contributed by atoms with Crippen LogP contribution in [0.3, 0.4) is 0 Å². The third-order valence-electron chi connectivity index (χ3n) is 7.58. The van der Waals surface area contributed by atoms with Crippen LogP contribution in [-0.4, -0.2) is 69.6 Å². The number of carbonyl (C=O) groups excluding carboxylic acids is 2. The highest BCUT2D eigenvalue weighted by atomic mass is 19.4. The summed E-state index contributed by atoms with van der Waals surface area (Å²) in [6.07, 6.45) is -0.719. The summed E-state index contributed by atoms with van der Waals surface area (Å²) in [6, 6.07) is 11.3. The Kier molecular flexibility index (Phi) is 9.25. The summed E-state index contributed by atoms with van der Waals surface area (Å²) in [5.74, 6) is -0.149. The Hall–Kier alpha value is -4.61. The van der Waals surface area contributed by atoms with Crippen molar-refractivity contribution in [3.63, 3.8) is 0 Å². The number of nitrogens with zero attached hydrogens (tertiary/aromatic N) is 4. The number of amides is 2. The number of benzene rings is 2. The lowest BCUT2D eigenvalue weighted by Crippen LogP contribution is -2.39. The van der Waals surface area contributed by atoms with E-state index in [4.69, 9.17) is 13.9 Å². The zero-order chi connectivity index (χ0) is 34.1. The number of aromatic nitrogens is 2. The van der Waals surface area contributed by atoms with Crippen LogP contribution in [0.15, 0.2) is 59.0 Å². The van der Waals surface area contributed by atoms with Gasteiger partial charge in [0, 0.05) is 31.7 Å². The third-order valence-corrected chi connectivity index (χ3v) is 7.58. The van der Waals surface area contributed by atoms with Crippen LogP contribution >= 0.6 is 0 Å². The fourth-order valence-corrected chi connectivity index (χ4v) is 5.29. The van der Waals surface area contributed by atoms with Crippen molar-refractivity contribution < 1.29 is 36.7 Å². The predicted octanol–water partition coefficient (Wildman–Crippen LogP) is 8.47. The molecule has 0 spiro atoms. The molecule has 2 aliphatic rings. The van der Waals surface area contributed by atoms with Crippen LogP contribution in [0.1, 0.15) is 71.1 Å². The van der Waals surface area contributed by atoms with Gasteiger partial charge in [-0.25, -0.2) is 9.59 Å². The molecule has 2 amide bonds. The van der Waals surface area contributed by atoms with Gasteiger partial charge < -0.3 is 23.7 Å². The van der Waals surface area contributed by atoms with Crippen molar-refractivity contribution in [2.24, 2.45) is 0 Å². The van der Waals surface area contributed by atoms with E-state index in [9.17, 15) is 22.8 Å². The van der Waals surface area contributed by atoms with Crippen molar-refractivity contribution in [2.75, 3.05) is 26.2 Å². The van der Waals surface area contributed by atoms with E-state index in [1.54, 1.807) is 49.9 Å². The summed E-state index contributed by atoms with van der Waals surface area (Å²) in [7, 11) is 0. The molecule has 0 atom stereocenters. The quantitative estimate of drug-likeness (QED) is 0.279. The van der Waals surface area contributed by atoms with Gasteiger partial charge in [0.05, 0.1) is 11.1 Å². The average molecular weight is 653 g/mol. The summed E-state index contributed by atoms with van der Waals surface area (Å²) in [5, 5.41) is 7.98. The zero-order valence-electron chi connectivity index (χ0n) is 27.4. The molecule has 1 aromatic heterocycles. The van der Waals surface area contributed by atoms with Crippen LogP contribution < -0.4 is 0 Å². The standard InChI is InChI=1S/C35H39F3N4O5/c1-33(2,3)46-31(43)41-17-13-23(14-18-41)22-7-9-25(10-8-22)29-39-40-30(45-29)27-12-11-26(21-28(27)35(36,37)38)24-15-19-42(20-16-24)32(44)47-34(4,5)6/h7-13,15,21H,14,16-20H2,1-6H3. The number of alkyl halides is 3. The Labute approximate surface area is 272 Å². The first-order chi connectivity index (χ1) is 22.0. The highest BCUT2D eigenvalue weighted by molar-refractivity contribution is 5.76. The maximum atomic E-state index is 14.3. The maximum Gasteiger partial charge on any atom is 0.417 e. The lowest BCUT2D eigenvalue weighted by Gasteiger charge is -2.29. The smallest absolute Gasteiger partial charge is 0.417 e. The van der Waals surface area contributed by atoms with Crippen molar-refractivity contribution in [1.29, 1.82) is 0 Å². The van der Waals surface area contributed by atoms with Crippen molar-refractivity contribution >= 4 is 23.3 Å². The summed E-state index contributed by atoms with van der Waals surface area (Å²) in [5.41, 5.74) is 1.40. The van der Waals surface area contributed by atoms with Crippen molar-refractivity contribution in [2.45, 2.75) is 71.8 Å². The molecular weight excluding hydrogens is 613 g/mol. The molecule has 0 saturated carbocycles. The largest absolute Gasteiger partial charge is 0.444 e. The Bertz CT molecular complexity index is 1700. The number of hydrogen-bond acceptors (Lipinski definition) is 7. The first-order valence-corrected chi connectivity index (χ1v) is 15.5. The number of hydrogen-bond donors (Lipinski definition) is 0. The fraction of sp³-hybridized carbons (Fsp3) is 0.429. The number of rotatable bonds is 4. The van der Waals surface area contributed by atoms with E-state index in [-0.39, 0.29) is 30.0 Å². The normalized spacial score (nSPS) is 16.0. The molecule has 12 heteroatoms. The fourth-order valence-electron chi connectivity index (χ4n) is 5.29. The molecule has 47 heavy (non-hydrogen) atoms. The van der Waals surface area contributed by atoms with Gasteiger partial charge in [0.1, 0.15) is 11.2 Å². The third kappa shape index (κ3) is 8.41. The molecule has 0 radical (unpaired) electrons. The molecule has 0 unspecified atom stereocenters. The Morgan fingerprint density at radius 2 is 1.17 bits per heavy atom. The molecule has 250 valence electrons. The van der Waals surface area contributed by atoms with Gasteiger partial charge in [-0.05, 0) is 101 Å². The van der Waals surface area contributed by atoms with Crippen molar-refractivity contribution in [1.82, 2.24) is 20.0 Å². The van der Waals surface area contributed by atoms with E-state index in [2.05, 4.69) is 10.2 Å². The van der Waals surface area contributed by atoms with Gasteiger partial charge in [0.2, 0.25) is 11.8 Å². The topological polar surface area (TPSA) is 98.0 Å². The minimum atomic E-state index is -4.67. The Morgan fingerprint density at radius 3 is 1.64 bits per heavy atom. The van der Waals surface area contributed by atoms with E-state index in [0.29, 0.717) is 49.2 Å². The molecule has 0 saturated heterocycles. The van der Waals surface area contributed by atoms with Crippen LogP contribution in [-0.2, 0) is 15.7 Å². The van der Waals surface area contributed by atoms with E-state index in [1.807, 2.05) is 39.0 Å². The van der Waals surface area contributed by atoms with Crippen LogP contribution in [0.4, 0.5) is 22.8 Å². The van der Waals surface area contributed by atoms with Gasteiger partial charge >= 0.3 is 18.4 Å². The first kappa shape index (κ1) is 33.7. The van der Waals surface area contributed by atoms with E-state index < -0.39 is 29.0 Å². The van der Waals surface area contributed by atoms with Gasteiger partial charge in [-0.2, -0.15) is 13.2 Å². The molecule has 2 aliphatic heterocycles. The lowest BCUT2D eigenvalue weighted by atomic mass is 9.95. The average Bonchev–Trinajstić information content (AvgIpc) is 3.49. The Morgan fingerprint density at radius 1 is 0.702 bits per heavy atom. The maximum absolute atomic E-state index is 14.3. The van der Waals surface area contributed by atoms with Crippen LogP contribution in [0.25, 0.3) is 34.1 Å². The second kappa shape index (κ2) is 12.9. The number of carbonyl (C=O) groups is 2. The zero-order valence-corrected chi connectivity index (χ0v) is 27.4. The summed E-state index contributed by atoms with van der Waals surface area (Å²) < 4.78 is 59.5. The molecule has 3 heterocycles. The van der Waals surface area contributed by atoms with Crippen LogP contribution in [0.2, 0.25) is 0 Å². The van der Waals surface area contributed by atoms with E-state index >= 15 is 0 Å². The minimum Gasteiger partial charge on any atom is -0.444 e. The molecule has 9 nitrogen and oxygen atoms in total. The van der Waals surface area contributed by atoms with Crippen LogP contribution in [0, 0.1) is 0 Å². The first-order valence-electron chi connectivity index (χ1n) is 15.5. The summed E-state index contributed by atoms with van der Waals surface area (Å²) in [4.78, 5) is 27.9. The van der Waals surface area contributed by atoms with Crippen LogP contribution in [0.5, 0.6) is 0 Å². The second-order valence-electron chi connectivity index (χ2n) is 13.6. The van der Waals surface area contributed by atoms with Crippen molar-refractivity contribution in [3.8, 4) is 22.9 Å². The number of ether oxygens (including phenoxy) is 2. The molecule has 0 fully saturated rings. The predicted molar refractivity (Wildman–Crippen MR) is 171 cm³/mol. The molecular formula is C35H39F3N4O5. The van der Waals surface area contributed by atoms with E-state index in [1.165, 1.54) is 11.0 Å². The molecule has 0 N–H and O–H groups in total. The SMILES string of the molecule is CC(C)(C)OC(=O)N1CC=C(c2ccc(-c3nnc(-c4ccc(C5=CCN(C(=O)OC(C)(C)C)CC5)cc4C(F)(F)F)o3)cc2)CC1. The number of halogens is 3. The lowest BCUT2D eigenvalue weighted by molar-refractivity contribution is -0.137. The molecule has 0 aliphatic carbocycles. The Balaban J connectivity index is 1.30. The van der Waals surface area contributed by atoms with Gasteiger partial charge in [-0.15, -0.1) is 10.2 Å². The minimum absolute atomic E-state index is 0.0923. The second-order valence-corrected chi connectivity index (χ2v) is 13.6. The van der Waals surface area contributed by atoms with Gasteiger partial charge in [-0.3, -0.25) is 0 Å². The molecule has 2 aromatic carbocycles. The van der Waals surface area contributed by atoms with Gasteiger partial charge in [-0.1, -0.05) is 30.4 Å². The summed E-state index contributed by atoms with van der Waals surface area (Å²) in [6.45, 7) is 12.3. The highest BCUT2D eigenvalue weighted by Gasteiger charge is 2.36. The van der Waals surface area contributed by atoms with Gasteiger partial charge in [0.25, 0.3) is 0 Å². The highest BCUT2D eigenvalue weighted by Crippen LogP contribution is 2.40.